The fourth-order valence-corrected chi connectivity index (χ4v) is 8.27. The minimum absolute atomic E-state index is 0.0560. The van der Waals surface area contributed by atoms with Gasteiger partial charge in [0, 0.05) is 36.6 Å². The number of Topliss-reactive ketones (excluding diaryl/α,β-unsaturated/α-hetero) is 1. The normalized spacial score (nSPS) is 26.2. The van der Waals surface area contributed by atoms with E-state index in [4.69, 9.17) is 14.1 Å². The summed E-state index contributed by atoms with van der Waals surface area (Å²) in [5.41, 5.74) is 3.67. The number of benzene rings is 1. The quantitative estimate of drug-likeness (QED) is 0.229. The van der Waals surface area contributed by atoms with Crippen molar-refractivity contribution in [2.75, 3.05) is 18.6 Å². The number of aromatic nitrogens is 3. The fourth-order valence-electron chi connectivity index (χ4n) is 8.27. The second-order valence-corrected chi connectivity index (χ2v) is 14.5. The van der Waals surface area contributed by atoms with Gasteiger partial charge in [0.25, 0.3) is 0 Å². The van der Waals surface area contributed by atoms with Crippen LogP contribution in [0.2, 0.25) is 0 Å². The SMILES string of the molecule is COc1ccc(C23CCC(CN(C(=O)C4CCC(CC(C)=O)CC4)c4cc(-c5nnc(C(C)C)o5)ccn4)(CC2)CC3)cc1C. The maximum Gasteiger partial charge on any atom is 0.247 e. The first-order valence-electron chi connectivity index (χ1n) is 16.9. The number of fused-ring (bicyclic) bond motifs is 3. The van der Waals surface area contributed by atoms with Crippen molar-refractivity contribution < 1.29 is 18.7 Å². The minimum atomic E-state index is -0.0560. The van der Waals surface area contributed by atoms with Crippen LogP contribution in [0, 0.1) is 24.2 Å². The Bertz CT molecular complexity index is 1510. The molecule has 4 aliphatic rings. The number of rotatable bonds is 10. The Kier molecular flexibility index (Phi) is 8.86. The number of ketones is 1. The van der Waals surface area contributed by atoms with Crippen molar-refractivity contribution >= 4 is 17.5 Å². The molecule has 2 bridgehead atoms. The average molecular weight is 613 g/mol. The van der Waals surface area contributed by atoms with Gasteiger partial charge in [0.15, 0.2) is 0 Å². The number of carbonyl (C=O) groups excluding carboxylic acids is 2. The molecule has 2 aromatic heterocycles. The van der Waals surface area contributed by atoms with E-state index in [1.54, 1.807) is 20.2 Å². The standard InChI is InChI=1S/C37H48N4O4/c1-24(2)33-39-40-34(45-33)29-12-19-38-32(22-29)41(35(43)28-8-6-27(7-9-28)21-26(4)42)23-36-13-16-37(17-14-36,18-15-36)30-10-11-31(44-5)25(3)20-30/h10-12,19-20,22,24,27-28H,6-9,13-18,21,23H2,1-5H3. The van der Waals surface area contributed by atoms with Gasteiger partial charge in [-0.25, -0.2) is 4.98 Å². The van der Waals surface area contributed by atoms with E-state index in [1.807, 2.05) is 30.9 Å². The second kappa shape index (κ2) is 12.7. The highest BCUT2D eigenvalue weighted by Crippen LogP contribution is 2.58. The Morgan fingerprint density at radius 3 is 2.31 bits per heavy atom. The molecule has 0 unspecified atom stereocenters. The van der Waals surface area contributed by atoms with Crippen LogP contribution in [0.3, 0.4) is 0 Å². The lowest BCUT2D eigenvalue weighted by molar-refractivity contribution is -0.124. The third-order valence-electron chi connectivity index (χ3n) is 11.1. The lowest BCUT2D eigenvalue weighted by Crippen LogP contribution is -2.52. The summed E-state index contributed by atoms with van der Waals surface area (Å²) in [6.07, 6.45) is 12.5. The molecule has 2 heterocycles. The highest BCUT2D eigenvalue weighted by molar-refractivity contribution is 5.94. The molecule has 3 aromatic rings. The number of hydrogen-bond acceptors (Lipinski definition) is 7. The first kappa shape index (κ1) is 31.4. The van der Waals surface area contributed by atoms with Gasteiger partial charge in [-0.15, -0.1) is 10.2 Å². The van der Waals surface area contributed by atoms with E-state index in [-0.39, 0.29) is 34.4 Å². The molecule has 1 amide bonds. The van der Waals surface area contributed by atoms with E-state index in [2.05, 4.69) is 35.3 Å². The maximum absolute atomic E-state index is 14.5. The van der Waals surface area contributed by atoms with Gasteiger partial charge in [-0.2, -0.15) is 0 Å². The molecular formula is C37H48N4O4. The number of amides is 1. The first-order chi connectivity index (χ1) is 21.6. The molecule has 4 fully saturated rings. The van der Waals surface area contributed by atoms with Crippen LogP contribution in [0.4, 0.5) is 5.82 Å². The molecule has 45 heavy (non-hydrogen) atoms. The summed E-state index contributed by atoms with van der Waals surface area (Å²) < 4.78 is 11.5. The molecule has 8 heteroatoms. The van der Waals surface area contributed by atoms with Gasteiger partial charge in [0.2, 0.25) is 17.7 Å². The lowest BCUT2D eigenvalue weighted by Gasteiger charge is -2.55. The van der Waals surface area contributed by atoms with Gasteiger partial charge >= 0.3 is 0 Å². The van der Waals surface area contributed by atoms with Crippen LogP contribution in [-0.4, -0.2) is 40.5 Å². The number of nitrogens with zero attached hydrogens (tertiary/aromatic N) is 4. The van der Waals surface area contributed by atoms with E-state index in [0.29, 0.717) is 36.5 Å². The predicted octanol–water partition coefficient (Wildman–Crippen LogP) is 7.98. The number of ether oxygens (including phenoxy) is 1. The Balaban J connectivity index is 1.25. The zero-order chi connectivity index (χ0) is 31.8. The zero-order valence-corrected chi connectivity index (χ0v) is 27.6. The molecule has 4 aliphatic carbocycles. The summed E-state index contributed by atoms with van der Waals surface area (Å²) >= 11 is 0. The second-order valence-electron chi connectivity index (χ2n) is 14.5. The largest absolute Gasteiger partial charge is 0.496 e. The van der Waals surface area contributed by atoms with Crippen LogP contribution in [0.1, 0.15) is 114 Å². The first-order valence-corrected chi connectivity index (χ1v) is 16.9. The summed E-state index contributed by atoms with van der Waals surface area (Å²) in [7, 11) is 1.73. The van der Waals surface area contributed by atoms with Crippen LogP contribution in [-0.2, 0) is 15.0 Å². The van der Waals surface area contributed by atoms with Gasteiger partial charge < -0.3 is 13.9 Å². The molecule has 4 saturated carbocycles. The summed E-state index contributed by atoms with van der Waals surface area (Å²) in [5.74, 6) is 3.52. The summed E-state index contributed by atoms with van der Waals surface area (Å²) in [6.45, 7) is 8.53. The number of hydrogen-bond donors (Lipinski definition) is 0. The lowest BCUT2D eigenvalue weighted by atomic mass is 9.51. The van der Waals surface area contributed by atoms with Crippen LogP contribution in [0.5, 0.6) is 5.75 Å². The van der Waals surface area contributed by atoms with E-state index in [9.17, 15) is 9.59 Å². The maximum atomic E-state index is 14.5. The number of carbonyl (C=O) groups is 2. The Morgan fingerprint density at radius 1 is 1.00 bits per heavy atom. The monoisotopic (exact) mass is 612 g/mol. The molecule has 8 nitrogen and oxygen atoms in total. The van der Waals surface area contributed by atoms with E-state index in [0.717, 1.165) is 75.5 Å². The van der Waals surface area contributed by atoms with Gasteiger partial charge in [-0.05, 0) is 124 Å². The van der Waals surface area contributed by atoms with E-state index >= 15 is 0 Å². The predicted molar refractivity (Wildman–Crippen MR) is 174 cm³/mol. The molecule has 240 valence electrons. The third kappa shape index (κ3) is 6.43. The summed E-state index contributed by atoms with van der Waals surface area (Å²) in [6, 6.07) is 10.5. The van der Waals surface area contributed by atoms with Crippen molar-refractivity contribution in [2.24, 2.45) is 17.3 Å². The average Bonchev–Trinajstić information content (AvgIpc) is 3.56. The van der Waals surface area contributed by atoms with Crippen molar-refractivity contribution in [3.8, 4) is 17.2 Å². The molecule has 0 N–H and O–H groups in total. The highest BCUT2D eigenvalue weighted by atomic mass is 16.5. The fraction of sp³-hybridized carbons (Fsp3) is 0.595. The number of pyridine rings is 1. The molecule has 0 spiro atoms. The van der Waals surface area contributed by atoms with Crippen molar-refractivity contribution in [3.63, 3.8) is 0 Å². The molecule has 1 aromatic carbocycles. The van der Waals surface area contributed by atoms with E-state index in [1.165, 1.54) is 11.1 Å². The van der Waals surface area contributed by atoms with Crippen LogP contribution < -0.4 is 9.64 Å². The third-order valence-corrected chi connectivity index (χ3v) is 11.1. The molecule has 0 aliphatic heterocycles. The number of anilines is 1. The number of methoxy groups -OCH3 is 1. The molecule has 0 atom stereocenters. The van der Waals surface area contributed by atoms with Crippen molar-refractivity contribution in [3.05, 3.63) is 53.5 Å². The molecular weight excluding hydrogens is 564 g/mol. The Morgan fingerprint density at radius 2 is 1.71 bits per heavy atom. The zero-order valence-electron chi connectivity index (χ0n) is 27.6. The smallest absolute Gasteiger partial charge is 0.247 e. The molecule has 0 saturated heterocycles. The summed E-state index contributed by atoms with van der Waals surface area (Å²) in [5, 5.41) is 8.52. The summed E-state index contributed by atoms with van der Waals surface area (Å²) in [4.78, 5) is 33.0. The molecule has 0 radical (unpaired) electrons. The van der Waals surface area contributed by atoms with Crippen molar-refractivity contribution in [1.82, 2.24) is 15.2 Å². The van der Waals surface area contributed by atoms with Gasteiger partial charge in [0.1, 0.15) is 17.4 Å². The van der Waals surface area contributed by atoms with Crippen molar-refractivity contribution in [1.29, 1.82) is 0 Å². The Labute approximate surface area is 267 Å². The topological polar surface area (TPSA) is 98.4 Å². The van der Waals surface area contributed by atoms with Crippen LogP contribution in [0.25, 0.3) is 11.5 Å². The van der Waals surface area contributed by atoms with Gasteiger partial charge in [-0.3, -0.25) is 9.69 Å². The van der Waals surface area contributed by atoms with Crippen LogP contribution in [0.15, 0.2) is 40.9 Å². The van der Waals surface area contributed by atoms with Gasteiger partial charge in [0.05, 0.1) is 7.11 Å². The Hall–Kier alpha value is -3.55. The highest BCUT2D eigenvalue weighted by Gasteiger charge is 2.51. The molecule has 7 rings (SSSR count). The van der Waals surface area contributed by atoms with E-state index < -0.39 is 0 Å². The number of aryl methyl sites for hydroxylation is 1. The minimum Gasteiger partial charge on any atom is -0.496 e. The van der Waals surface area contributed by atoms with Gasteiger partial charge in [-0.1, -0.05) is 26.0 Å². The van der Waals surface area contributed by atoms with Crippen molar-refractivity contribution in [2.45, 2.75) is 110 Å². The van der Waals surface area contributed by atoms with Crippen LogP contribution >= 0.6 is 0 Å².